The van der Waals surface area contributed by atoms with Gasteiger partial charge in [0, 0.05) is 19.6 Å². The topological polar surface area (TPSA) is 87.8 Å². The van der Waals surface area contributed by atoms with Gasteiger partial charge in [0.25, 0.3) is 0 Å². The molecular formula is C10H21N3O3. The number of nitrogens with zero attached hydrogens (tertiary/aromatic N) is 1. The first-order valence-electron chi connectivity index (χ1n) is 5.72. The number of hydrogen-bond donors (Lipinski definition) is 3. The molecule has 16 heavy (non-hydrogen) atoms. The molecule has 1 heterocycles. The Hall–Kier alpha value is -0.850. The number of carbonyl (C=O) groups excluding carboxylic acids is 1. The number of amides is 1. The number of β-amino-alcohol motifs (C(OH)–C–C–N with tert-alkyl or cyclic N) is 1. The molecule has 1 fully saturated rings. The summed E-state index contributed by atoms with van der Waals surface area (Å²) in [6.45, 7) is 4.15. The number of aliphatic hydroxyl groups is 1. The van der Waals surface area contributed by atoms with Crippen LogP contribution in [0.4, 0.5) is 4.79 Å². The van der Waals surface area contributed by atoms with Crippen LogP contribution in [0.1, 0.15) is 12.8 Å². The zero-order valence-corrected chi connectivity index (χ0v) is 9.52. The molecule has 1 rings (SSSR count). The molecule has 1 saturated heterocycles. The van der Waals surface area contributed by atoms with E-state index >= 15 is 0 Å². The van der Waals surface area contributed by atoms with Gasteiger partial charge in [-0.25, -0.2) is 4.79 Å². The molecule has 6 nitrogen and oxygen atoms in total. The van der Waals surface area contributed by atoms with Gasteiger partial charge in [-0.15, -0.1) is 0 Å². The van der Waals surface area contributed by atoms with Crippen molar-refractivity contribution in [2.75, 3.05) is 39.3 Å². The Kier molecular flexibility index (Phi) is 6.14. The average Bonchev–Trinajstić information content (AvgIpc) is 2.69. The molecule has 0 aromatic carbocycles. The second-order valence-electron chi connectivity index (χ2n) is 4.03. The van der Waals surface area contributed by atoms with Gasteiger partial charge in [-0.05, 0) is 25.9 Å². The smallest absolute Gasteiger partial charge is 0.404 e. The molecule has 0 aliphatic carbocycles. The average molecular weight is 231 g/mol. The van der Waals surface area contributed by atoms with E-state index in [4.69, 9.17) is 5.73 Å². The van der Waals surface area contributed by atoms with Crippen LogP contribution >= 0.6 is 0 Å². The minimum absolute atomic E-state index is 0.242. The van der Waals surface area contributed by atoms with Crippen LogP contribution in [0.5, 0.6) is 0 Å². The van der Waals surface area contributed by atoms with Crippen molar-refractivity contribution < 1.29 is 14.6 Å². The largest absolute Gasteiger partial charge is 0.448 e. The molecule has 0 aromatic heterocycles. The first-order valence-corrected chi connectivity index (χ1v) is 5.72. The van der Waals surface area contributed by atoms with Crippen LogP contribution in [0.25, 0.3) is 0 Å². The fourth-order valence-electron chi connectivity index (χ4n) is 1.82. The van der Waals surface area contributed by atoms with Crippen LogP contribution in [0, 0.1) is 0 Å². The zero-order valence-electron chi connectivity index (χ0n) is 9.52. The van der Waals surface area contributed by atoms with E-state index in [1.165, 1.54) is 12.8 Å². The second-order valence-corrected chi connectivity index (χ2v) is 4.03. The van der Waals surface area contributed by atoms with E-state index in [0.29, 0.717) is 19.6 Å². The maximum absolute atomic E-state index is 10.2. The summed E-state index contributed by atoms with van der Waals surface area (Å²) >= 11 is 0. The first-order chi connectivity index (χ1) is 7.68. The number of ether oxygens (including phenoxy) is 1. The molecule has 1 amide bonds. The van der Waals surface area contributed by atoms with Crippen LogP contribution in [-0.2, 0) is 4.74 Å². The highest BCUT2D eigenvalue weighted by atomic mass is 16.5. The van der Waals surface area contributed by atoms with Gasteiger partial charge in [-0.2, -0.15) is 0 Å². The maximum Gasteiger partial charge on any atom is 0.404 e. The number of hydrogen-bond acceptors (Lipinski definition) is 5. The third-order valence-corrected chi connectivity index (χ3v) is 2.57. The highest BCUT2D eigenvalue weighted by molar-refractivity contribution is 5.64. The van der Waals surface area contributed by atoms with Gasteiger partial charge >= 0.3 is 6.09 Å². The molecule has 94 valence electrons. The number of nitrogens with one attached hydrogen (secondary N) is 1. The van der Waals surface area contributed by atoms with Crippen molar-refractivity contribution in [2.24, 2.45) is 5.73 Å². The van der Waals surface area contributed by atoms with Gasteiger partial charge in [0.1, 0.15) is 6.61 Å². The molecule has 1 aliphatic rings. The van der Waals surface area contributed by atoms with Crippen molar-refractivity contribution in [1.82, 2.24) is 10.2 Å². The molecule has 0 radical (unpaired) electrons. The number of nitrogens with two attached hydrogens (primary N) is 1. The van der Waals surface area contributed by atoms with Gasteiger partial charge in [-0.1, -0.05) is 0 Å². The number of rotatable bonds is 7. The Bertz CT molecular complexity index is 207. The quantitative estimate of drug-likeness (QED) is 0.496. The molecule has 0 saturated carbocycles. The summed E-state index contributed by atoms with van der Waals surface area (Å²) in [5.74, 6) is 0. The standard InChI is InChI=1S/C10H21N3O3/c11-10(15)16-6-3-12-7-9(14)8-13-4-1-2-5-13/h9,12,14H,1-8H2,(H2,11,15). The zero-order chi connectivity index (χ0) is 11.8. The Labute approximate surface area is 95.7 Å². The minimum atomic E-state index is -0.764. The fourth-order valence-corrected chi connectivity index (χ4v) is 1.82. The van der Waals surface area contributed by atoms with Gasteiger partial charge in [0.05, 0.1) is 6.10 Å². The molecule has 0 aromatic rings. The highest BCUT2D eigenvalue weighted by Gasteiger charge is 2.15. The van der Waals surface area contributed by atoms with Crippen molar-refractivity contribution in [3.63, 3.8) is 0 Å². The Morgan fingerprint density at radius 3 is 2.81 bits per heavy atom. The van der Waals surface area contributed by atoms with Crippen molar-refractivity contribution >= 4 is 6.09 Å². The summed E-state index contributed by atoms with van der Waals surface area (Å²) in [7, 11) is 0. The van der Waals surface area contributed by atoms with E-state index in [2.05, 4.69) is 15.0 Å². The van der Waals surface area contributed by atoms with Crippen molar-refractivity contribution in [3.8, 4) is 0 Å². The third kappa shape index (κ3) is 5.89. The lowest BCUT2D eigenvalue weighted by atomic mass is 10.3. The predicted molar refractivity (Wildman–Crippen MR) is 60.1 cm³/mol. The van der Waals surface area contributed by atoms with Crippen LogP contribution < -0.4 is 11.1 Å². The summed E-state index contributed by atoms with van der Waals surface area (Å²) in [5.41, 5.74) is 4.80. The van der Waals surface area contributed by atoms with Crippen molar-refractivity contribution in [1.29, 1.82) is 0 Å². The second kappa shape index (κ2) is 7.43. The summed E-state index contributed by atoms with van der Waals surface area (Å²) in [6, 6.07) is 0. The van der Waals surface area contributed by atoms with Gasteiger partial charge in [0.2, 0.25) is 0 Å². The van der Waals surface area contributed by atoms with E-state index < -0.39 is 6.09 Å². The lowest BCUT2D eigenvalue weighted by Gasteiger charge is -2.19. The van der Waals surface area contributed by atoms with Crippen LogP contribution in [0.3, 0.4) is 0 Å². The normalized spacial score (nSPS) is 18.6. The molecule has 1 aliphatic heterocycles. The Morgan fingerprint density at radius 1 is 1.50 bits per heavy atom. The number of carbonyl (C=O) groups is 1. The fraction of sp³-hybridized carbons (Fsp3) is 0.900. The predicted octanol–water partition coefficient (Wildman–Crippen LogP) is -0.872. The molecular weight excluding hydrogens is 210 g/mol. The highest BCUT2D eigenvalue weighted by Crippen LogP contribution is 2.07. The van der Waals surface area contributed by atoms with Crippen molar-refractivity contribution in [3.05, 3.63) is 0 Å². The van der Waals surface area contributed by atoms with E-state index in [-0.39, 0.29) is 12.7 Å². The summed E-state index contributed by atoms with van der Waals surface area (Å²) in [6.07, 6.45) is 1.32. The van der Waals surface area contributed by atoms with Crippen molar-refractivity contribution in [2.45, 2.75) is 18.9 Å². The maximum atomic E-state index is 10.2. The molecule has 6 heteroatoms. The molecule has 4 N–H and O–H groups in total. The van der Waals surface area contributed by atoms with Crippen LogP contribution in [-0.4, -0.2) is 61.5 Å². The van der Waals surface area contributed by atoms with Crippen LogP contribution in [0.15, 0.2) is 0 Å². The molecule has 1 unspecified atom stereocenters. The Morgan fingerprint density at radius 2 is 2.19 bits per heavy atom. The van der Waals surface area contributed by atoms with Gasteiger partial charge in [0.15, 0.2) is 0 Å². The summed E-state index contributed by atoms with van der Waals surface area (Å²) < 4.78 is 4.54. The molecule has 0 spiro atoms. The third-order valence-electron chi connectivity index (χ3n) is 2.57. The van der Waals surface area contributed by atoms with Gasteiger partial charge in [-0.3, -0.25) is 0 Å². The minimum Gasteiger partial charge on any atom is -0.448 e. The number of aliphatic hydroxyl groups excluding tert-OH is 1. The summed E-state index contributed by atoms with van der Waals surface area (Å²) in [4.78, 5) is 12.5. The van der Waals surface area contributed by atoms with E-state index in [1.54, 1.807) is 0 Å². The first kappa shape index (κ1) is 13.2. The lowest BCUT2D eigenvalue weighted by molar-refractivity contribution is 0.119. The van der Waals surface area contributed by atoms with Crippen LogP contribution in [0.2, 0.25) is 0 Å². The number of likely N-dealkylation sites (tertiary alicyclic amines) is 1. The van der Waals surface area contributed by atoms with Gasteiger partial charge < -0.3 is 25.8 Å². The monoisotopic (exact) mass is 231 g/mol. The Balaban J connectivity index is 1.93. The van der Waals surface area contributed by atoms with E-state index in [0.717, 1.165) is 13.1 Å². The molecule has 1 atom stereocenters. The summed E-state index contributed by atoms with van der Waals surface area (Å²) in [5, 5.41) is 12.7. The van der Waals surface area contributed by atoms with E-state index in [9.17, 15) is 9.90 Å². The number of primary amides is 1. The van der Waals surface area contributed by atoms with E-state index in [1.807, 2.05) is 0 Å². The molecule has 0 bridgehead atoms. The lowest BCUT2D eigenvalue weighted by Crippen LogP contribution is -2.38. The SMILES string of the molecule is NC(=O)OCCNCC(O)CN1CCCC1.